The highest BCUT2D eigenvalue weighted by Crippen LogP contribution is 2.29. The highest BCUT2D eigenvalue weighted by Gasteiger charge is 2.17. The van der Waals surface area contributed by atoms with Gasteiger partial charge >= 0.3 is 0 Å². The van der Waals surface area contributed by atoms with Crippen LogP contribution in [0.3, 0.4) is 0 Å². The zero-order valence-corrected chi connectivity index (χ0v) is 21.8. The first-order valence-electron chi connectivity index (χ1n) is 10.9. The summed E-state index contributed by atoms with van der Waals surface area (Å²) in [6.45, 7) is 0. The largest absolute Gasteiger partial charge is 0.297 e. The number of thiazole rings is 2. The van der Waals surface area contributed by atoms with Crippen LogP contribution in [0.5, 0.6) is 0 Å². The molecule has 2 amide bonds. The molecule has 15 heteroatoms. The van der Waals surface area contributed by atoms with Gasteiger partial charge in [0.2, 0.25) is 0 Å². The van der Waals surface area contributed by atoms with Gasteiger partial charge in [-0.15, -0.1) is 34.0 Å². The second kappa shape index (κ2) is 10.9. The van der Waals surface area contributed by atoms with Gasteiger partial charge in [0.1, 0.15) is 0 Å². The maximum Gasteiger partial charge on any atom is 0.269 e. The third-order valence-electron chi connectivity index (χ3n) is 5.25. The van der Waals surface area contributed by atoms with E-state index in [9.17, 15) is 29.8 Å². The summed E-state index contributed by atoms with van der Waals surface area (Å²) in [7, 11) is 0. The summed E-state index contributed by atoms with van der Waals surface area (Å²) < 4.78 is 0. The van der Waals surface area contributed by atoms with E-state index in [4.69, 9.17) is 0 Å². The molecule has 0 unspecified atom stereocenters. The fourth-order valence-corrected chi connectivity index (χ4v) is 5.56. The third kappa shape index (κ3) is 5.85. The van der Waals surface area contributed by atoms with Crippen molar-refractivity contribution in [3.8, 4) is 22.5 Å². The van der Waals surface area contributed by atoms with Crippen LogP contribution in [-0.2, 0) is 0 Å². The number of thiophene rings is 1. The zero-order chi connectivity index (χ0) is 27.5. The Kier molecular flexibility index (Phi) is 7.18. The molecule has 39 heavy (non-hydrogen) atoms. The van der Waals surface area contributed by atoms with Crippen molar-refractivity contribution >= 4 is 67.5 Å². The van der Waals surface area contributed by atoms with Gasteiger partial charge in [0, 0.05) is 46.2 Å². The maximum atomic E-state index is 12.7. The van der Waals surface area contributed by atoms with Gasteiger partial charge < -0.3 is 0 Å². The maximum absolute atomic E-state index is 12.7. The van der Waals surface area contributed by atoms with E-state index in [0.717, 1.165) is 11.3 Å². The molecule has 0 saturated heterocycles. The molecule has 0 bridgehead atoms. The van der Waals surface area contributed by atoms with Gasteiger partial charge in [0.25, 0.3) is 23.2 Å². The molecule has 12 nitrogen and oxygen atoms in total. The molecule has 0 aliphatic rings. The Morgan fingerprint density at radius 3 is 1.38 bits per heavy atom. The quantitative estimate of drug-likeness (QED) is 0.159. The number of rotatable bonds is 8. The van der Waals surface area contributed by atoms with Crippen molar-refractivity contribution in [2.75, 3.05) is 10.6 Å². The highest BCUT2D eigenvalue weighted by molar-refractivity contribution is 7.17. The number of amides is 2. The molecule has 0 atom stereocenters. The van der Waals surface area contributed by atoms with E-state index < -0.39 is 21.7 Å². The Morgan fingerprint density at radius 2 is 1.03 bits per heavy atom. The molecule has 3 aromatic heterocycles. The van der Waals surface area contributed by atoms with Crippen LogP contribution in [0.1, 0.15) is 19.3 Å². The fourth-order valence-electron chi connectivity index (χ4n) is 3.33. The number of carbonyl (C=O) groups excluding carboxylic acids is 2. The number of aromatic nitrogens is 2. The van der Waals surface area contributed by atoms with E-state index in [1.807, 2.05) is 0 Å². The van der Waals surface area contributed by atoms with Gasteiger partial charge in [-0.3, -0.25) is 40.5 Å². The van der Waals surface area contributed by atoms with E-state index in [1.54, 1.807) is 35.0 Å². The molecule has 0 radical (unpaired) electrons. The lowest BCUT2D eigenvalue weighted by Crippen LogP contribution is -2.11. The topological polar surface area (TPSA) is 170 Å². The number of non-ortho nitro benzene ring substituents is 2. The Labute approximate surface area is 230 Å². The van der Waals surface area contributed by atoms with E-state index in [2.05, 4.69) is 20.6 Å². The van der Waals surface area contributed by atoms with Gasteiger partial charge in [-0.25, -0.2) is 9.97 Å². The predicted octanol–water partition coefficient (Wildman–Crippen LogP) is 6.32. The molecule has 0 aliphatic heterocycles. The molecule has 3 heterocycles. The van der Waals surface area contributed by atoms with Crippen LogP contribution < -0.4 is 10.6 Å². The first kappa shape index (κ1) is 25.8. The molecule has 2 aromatic carbocycles. The molecule has 2 N–H and O–H groups in total. The lowest BCUT2D eigenvalue weighted by molar-refractivity contribution is -0.385. The number of hydrogen-bond donors (Lipinski definition) is 2. The number of benzene rings is 2. The molecule has 5 aromatic rings. The minimum atomic E-state index is -0.484. The minimum absolute atomic E-state index is 0.0279. The summed E-state index contributed by atoms with van der Waals surface area (Å²) in [6, 6.07) is 14.9. The Morgan fingerprint density at radius 1 is 0.641 bits per heavy atom. The lowest BCUT2D eigenvalue weighted by Gasteiger charge is -2.00. The van der Waals surface area contributed by atoms with Gasteiger partial charge in [0.15, 0.2) is 10.3 Å². The van der Waals surface area contributed by atoms with Crippen molar-refractivity contribution in [2.45, 2.75) is 0 Å². The van der Waals surface area contributed by atoms with Crippen molar-refractivity contribution in [3.05, 3.63) is 101 Å². The van der Waals surface area contributed by atoms with Crippen molar-refractivity contribution in [1.82, 2.24) is 9.97 Å². The fraction of sp³-hybridized carbons (Fsp3) is 0. The number of nitrogens with one attached hydrogen (secondary N) is 2. The molecule has 0 fully saturated rings. The van der Waals surface area contributed by atoms with Crippen LogP contribution in [0.4, 0.5) is 21.6 Å². The third-order valence-corrected chi connectivity index (χ3v) is 7.85. The Balaban J connectivity index is 1.20. The summed E-state index contributed by atoms with van der Waals surface area (Å²) in [5.41, 5.74) is 2.42. The predicted molar refractivity (Wildman–Crippen MR) is 149 cm³/mol. The summed E-state index contributed by atoms with van der Waals surface area (Å²) in [4.78, 5) is 55.4. The van der Waals surface area contributed by atoms with Crippen LogP contribution >= 0.6 is 34.0 Å². The highest BCUT2D eigenvalue weighted by atomic mass is 32.1. The second-order valence-electron chi connectivity index (χ2n) is 7.76. The van der Waals surface area contributed by atoms with Crippen LogP contribution in [0.25, 0.3) is 22.5 Å². The molecule has 0 saturated carbocycles. The number of nitro benzene ring substituents is 2. The number of nitro groups is 2. The van der Waals surface area contributed by atoms with Gasteiger partial charge in [-0.05, 0) is 36.4 Å². The Hall–Kier alpha value is -4.86. The monoisotopic (exact) mass is 578 g/mol. The number of nitrogens with zero attached hydrogens (tertiary/aromatic N) is 4. The van der Waals surface area contributed by atoms with Crippen LogP contribution in [-0.4, -0.2) is 31.6 Å². The Bertz CT molecular complexity index is 1580. The number of hydrogen-bond acceptors (Lipinski definition) is 11. The summed E-state index contributed by atoms with van der Waals surface area (Å²) in [5, 5.41) is 31.2. The van der Waals surface area contributed by atoms with E-state index in [-0.39, 0.29) is 11.4 Å². The standard InChI is InChI=1S/C24H14N6O6S3/c31-21(27-23-25-17(11-37-23)13-1-5-15(6-2-13)29(33)34)19-9-10-20(39-19)22(32)28-24-26-18(12-38-24)14-3-7-16(8-4-14)30(35)36/h1-12H,(H,25,27,31)(H,26,28,32). The molecule has 0 spiro atoms. The zero-order valence-electron chi connectivity index (χ0n) is 19.4. The molecule has 5 rings (SSSR count). The van der Waals surface area contributed by atoms with Gasteiger partial charge in [-0.2, -0.15) is 0 Å². The minimum Gasteiger partial charge on any atom is -0.297 e. The normalized spacial score (nSPS) is 10.7. The average molecular weight is 579 g/mol. The number of carbonyl (C=O) groups is 2. The van der Waals surface area contributed by atoms with E-state index in [0.29, 0.717) is 42.5 Å². The van der Waals surface area contributed by atoms with E-state index in [1.165, 1.54) is 59.1 Å². The SMILES string of the molecule is O=C(Nc1nc(-c2ccc([N+](=O)[O-])cc2)cs1)c1ccc(C(=O)Nc2nc(-c3ccc([N+](=O)[O-])cc3)cs2)s1. The average Bonchev–Trinajstić information content (AvgIpc) is 3.70. The van der Waals surface area contributed by atoms with Crippen molar-refractivity contribution in [1.29, 1.82) is 0 Å². The van der Waals surface area contributed by atoms with E-state index >= 15 is 0 Å². The van der Waals surface area contributed by atoms with Crippen molar-refractivity contribution in [3.63, 3.8) is 0 Å². The van der Waals surface area contributed by atoms with Gasteiger partial charge in [-0.1, -0.05) is 0 Å². The summed E-state index contributed by atoms with van der Waals surface area (Å²) in [6.07, 6.45) is 0. The van der Waals surface area contributed by atoms with Crippen molar-refractivity contribution < 1.29 is 19.4 Å². The molecule has 0 aliphatic carbocycles. The van der Waals surface area contributed by atoms with Crippen LogP contribution in [0, 0.1) is 20.2 Å². The van der Waals surface area contributed by atoms with Crippen LogP contribution in [0.2, 0.25) is 0 Å². The van der Waals surface area contributed by atoms with Crippen LogP contribution in [0.15, 0.2) is 71.4 Å². The van der Waals surface area contributed by atoms with Crippen molar-refractivity contribution in [2.24, 2.45) is 0 Å². The summed E-state index contributed by atoms with van der Waals surface area (Å²) >= 11 is 3.41. The molecular formula is C24H14N6O6S3. The molecular weight excluding hydrogens is 565 g/mol. The smallest absolute Gasteiger partial charge is 0.269 e. The first-order valence-corrected chi connectivity index (χ1v) is 13.5. The van der Waals surface area contributed by atoms with Gasteiger partial charge in [0.05, 0.1) is 31.0 Å². The lowest BCUT2D eigenvalue weighted by atomic mass is 10.1. The second-order valence-corrected chi connectivity index (χ2v) is 10.6. The number of anilines is 2. The first-order chi connectivity index (χ1) is 18.8. The molecule has 194 valence electrons. The summed E-state index contributed by atoms with van der Waals surface area (Å²) in [5.74, 6) is -0.864.